The maximum absolute atomic E-state index is 4.87. The number of hydrogen-bond donors (Lipinski definition) is 0. The first-order chi connectivity index (χ1) is 22.2. The molecule has 8 aliphatic rings. The summed E-state index contributed by atoms with van der Waals surface area (Å²) in [5.41, 5.74) is 6.90. The fourth-order valence-corrected chi connectivity index (χ4v) is 19.7. The Labute approximate surface area is 279 Å². The lowest BCUT2D eigenvalue weighted by molar-refractivity contribution is 0.0184. The van der Waals surface area contributed by atoms with Gasteiger partial charge in [0.1, 0.15) is 0 Å². The van der Waals surface area contributed by atoms with Crippen LogP contribution >= 0.6 is 15.8 Å². The van der Waals surface area contributed by atoms with Crippen LogP contribution in [0, 0.1) is 35.5 Å². The Morgan fingerprint density at radius 2 is 1.07 bits per heavy atom. The maximum Gasteiger partial charge on any atom is 0.0877 e. The van der Waals surface area contributed by atoms with E-state index in [9.17, 15) is 0 Å². The second kappa shape index (κ2) is 11.4. The first-order valence-corrected chi connectivity index (χ1v) is 21.5. The molecule has 0 spiro atoms. The highest BCUT2D eigenvalue weighted by atomic mass is 31.1. The molecule has 1 aromatic carbocycles. The van der Waals surface area contributed by atoms with Crippen molar-refractivity contribution < 1.29 is 0 Å². The summed E-state index contributed by atoms with van der Waals surface area (Å²) in [4.78, 5) is 18.8. The van der Waals surface area contributed by atoms with Crippen LogP contribution in [0.1, 0.15) is 115 Å². The Balaban J connectivity index is 1.15. The van der Waals surface area contributed by atoms with E-state index in [1.54, 1.807) is 101 Å². The Morgan fingerprint density at radius 1 is 0.609 bits per heavy atom. The average molecular weight is 651 g/mol. The van der Waals surface area contributed by atoms with Crippen molar-refractivity contribution in [3.8, 4) is 0 Å². The van der Waals surface area contributed by atoms with Gasteiger partial charge in [-0.25, -0.2) is 0 Å². The molecule has 2 aromatic heterocycles. The van der Waals surface area contributed by atoms with Crippen LogP contribution in [0.2, 0.25) is 0 Å². The van der Waals surface area contributed by atoms with Crippen LogP contribution in [0.3, 0.4) is 0 Å². The molecule has 242 valence electrons. The zero-order chi connectivity index (χ0) is 31.1. The van der Waals surface area contributed by atoms with E-state index < -0.39 is 7.92 Å². The molecule has 2 heterocycles. The molecule has 0 unspecified atom stereocenters. The highest BCUT2D eigenvalue weighted by molar-refractivity contribution is 7.71. The molecule has 0 atom stereocenters. The molecule has 0 radical (unpaired) electrons. The first-order valence-electron chi connectivity index (χ1n) is 18.4. The van der Waals surface area contributed by atoms with Crippen molar-refractivity contribution in [3.63, 3.8) is 0 Å². The van der Waals surface area contributed by atoms with Gasteiger partial charge in [0.15, 0.2) is 0 Å². The molecular weight excluding hydrogens is 598 g/mol. The Kier molecular flexibility index (Phi) is 7.52. The number of nitrogens with zero attached hydrogens (tertiary/aromatic N) is 4. The fourth-order valence-electron chi connectivity index (χ4n) is 12.5. The van der Waals surface area contributed by atoms with Crippen molar-refractivity contribution >= 4 is 26.7 Å². The zero-order valence-corrected chi connectivity index (χ0v) is 30.0. The molecule has 0 amide bonds. The predicted octanol–water partition coefficient (Wildman–Crippen LogP) is 9.12. The molecule has 8 aliphatic carbocycles. The van der Waals surface area contributed by atoms with Crippen LogP contribution in [0.15, 0.2) is 55.4 Å². The van der Waals surface area contributed by atoms with Crippen LogP contribution in [0.5, 0.6) is 0 Å². The standard InChI is InChI=1S/C40H52N4P2/c1-38(2,3)35-5-4-33(34(16-35)25-45(36-23-41-6-8-43-36)37-24-42-7-9-44-37)26-46(39-17-27-10-28(18-39)12-29(11-27)19-39)40-20-30-13-31(21-40)15-32(14-30)22-40/h4-9,16,23-24,27-32H,10-15,17-22,25-26H2,1-3H3. The molecule has 3 aromatic rings. The molecule has 0 saturated heterocycles. The van der Waals surface area contributed by atoms with Gasteiger partial charge in [-0.1, -0.05) is 46.9 Å². The Hall–Kier alpha value is -1.76. The van der Waals surface area contributed by atoms with E-state index in [1.165, 1.54) is 11.7 Å². The predicted molar refractivity (Wildman–Crippen MR) is 192 cm³/mol. The lowest BCUT2D eigenvalue weighted by atomic mass is 9.55. The first kappa shape index (κ1) is 30.3. The molecule has 46 heavy (non-hydrogen) atoms. The van der Waals surface area contributed by atoms with Crippen molar-refractivity contribution in [1.29, 1.82) is 0 Å². The number of aromatic nitrogens is 4. The number of hydrogen-bond acceptors (Lipinski definition) is 4. The van der Waals surface area contributed by atoms with E-state index in [0.29, 0.717) is 10.3 Å². The highest BCUT2D eigenvalue weighted by Crippen LogP contribution is 2.79. The smallest absolute Gasteiger partial charge is 0.0877 e. The van der Waals surface area contributed by atoms with Gasteiger partial charge in [0.25, 0.3) is 0 Å². The zero-order valence-electron chi connectivity index (χ0n) is 28.2. The SMILES string of the molecule is CC(C)(C)c1ccc(CP(C23CC4CC(CC(C4)C2)C3)C23CC4CC(CC(C4)C2)C3)c(CP(c2cnccn2)c2cnccn2)c1. The molecule has 4 nitrogen and oxygen atoms in total. The third-order valence-electron chi connectivity index (χ3n) is 13.5. The van der Waals surface area contributed by atoms with Crippen LogP contribution in [0.4, 0.5) is 0 Å². The van der Waals surface area contributed by atoms with Crippen molar-refractivity contribution in [2.45, 2.75) is 126 Å². The van der Waals surface area contributed by atoms with E-state index >= 15 is 0 Å². The van der Waals surface area contributed by atoms with Gasteiger partial charge in [0.2, 0.25) is 0 Å². The minimum Gasteiger partial charge on any atom is -0.261 e. The van der Waals surface area contributed by atoms with E-state index in [2.05, 4.69) is 48.9 Å². The molecule has 11 rings (SSSR count). The van der Waals surface area contributed by atoms with Gasteiger partial charge in [0, 0.05) is 38.9 Å². The average Bonchev–Trinajstić information content (AvgIpc) is 3.02. The second-order valence-corrected chi connectivity index (χ2v) is 23.0. The lowest BCUT2D eigenvalue weighted by Crippen LogP contribution is -2.56. The van der Waals surface area contributed by atoms with E-state index in [0.717, 1.165) is 52.5 Å². The Bertz CT molecular complexity index is 1410. The largest absolute Gasteiger partial charge is 0.261 e. The topological polar surface area (TPSA) is 51.6 Å². The van der Waals surface area contributed by atoms with Gasteiger partial charge in [-0.05, 0) is 151 Å². The van der Waals surface area contributed by atoms with E-state index in [4.69, 9.17) is 9.97 Å². The summed E-state index contributed by atoms with van der Waals surface area (Å²) in [5.74, 6) is 6.13. The monoisotopic (exact) mass is 650 g/mol. The van der Waals surface area contributed by atoms with Crippen molar-refractivity contribution in [2.75, 3.05) is 0 Å². The minimum absolute atomic E-state index is 0.111. The number of rotatable bonds is 8. The van der Waals surface area contributed by atoms with Crippen molar-refractivity contribution in [3.05, 3.63) is 72.1 Å². The quantitative estimate of drug-likeness (QED) is 0.228. The van der Waals surface area contributed by atoms with Gasteiger partial charge in [-0.2, -0.15) is 0 Å². The summed E-state index contributed by atoms with van der Waals surface area (Å²) in [6.07, 6.45) is 32.3. The summed E-state index contributed by atoms with van der Waals surface area (Å²) < 4.78 is 0. The molecular formula is C40H52N4P2. The maximum atomic E-state index is 4.87. The van der Waals surface area contributed by atoms with Gasteiger partial charge in [0.05, 0.1) is 23.3 Å². The second-order valence-electron chi connectivity index (χ2n) is 17.8. The fraction of sp³-hybridized carbons (Fsp3) is 0.650. The molecule has 8 fully saturated rings. The third kappa shape index (κ3) is 5.41. The van der Waals surface area contributed by atoms with Crippen molar-refractivity contribution in [1.82, 2.24) is 19.9 Å². The molecule has 8 bridgehead atoms. The lowest BCUT2D eigenvalue weighted by Gasteiger charge is -2.67. The summed E-state index contributed by atoms with van der Waals surface area (Å²) in [5, 5.41) is 1.27. The molecule has 0 N–H and O–H groups in total. The van der Waals surface area contributed by atoms with Crippen LogP contribution in [-0.4, -0.2) is 30.2 Å². The molecule has 0 aliphatic heterocycles. The minimum atomic E-state index is -0.811. The Morgan fingerprint density at radius 3 is 1.46 bits per heavy atom. The summed E-state index contributed by atoms with van der Waals surface area (Å²) in [6.45, 7) is 7.12. The van der Waals surface area contributed by atoms with Gasteiger partial charge in [-0.3, -0.25) is 19.9 Å². The van der Waals surface area contributed by atoms with Gasteiger partial charge < -0.3 is 0 Å². The third-order valence-corrected chi connectivity index (χ3v) is 19.8. The summed E-state index contributed by atoms with van der Waals surface area (Å²) >= 11 is 0. The molecule has 8 saturated carbocycles. The van der Waals surface area contributed by atoms with Crippen LogP contribution in [-0.2, 0) is 17.7 Å². The number of benzene rings is 1. The summed E-state index contributed by atoms with van der Waals surface area (Å²) in [7, 11) is -0.932. The normalized spacial score (nSPS) is 36.4. The molecule has 6 heteroatoms. The van der Waals surface area contributed by atoms with Gasteiger partial charge >= 0.3 is 0 Å². The summed E-state index contributed by atoms with van der Waals surface area (Å²) in [6, 6.07) is 7.70. The van der Waals surface area contributed by atoms with Crippen LogP contribution < -0.4 is 10.9 Å². The van der Waals surface area contributed by atoms with Crippen molar-refractivity contribution in [2.24, 2.45) is 35.5 Å². The van der Waals surface area contributed by atoms with E-state index in [1.807, 2.05) is 24.8 Å². The van der Waals surface area contributed by atoms with E-state index in [-0.39, 0.29) is 13.3 Å². The highest BCUT2D eigenvalue weighted by Gasteiger charge is 2.62. The van der Waals surface area contributed by atoms with Gasteiger partial charge in [-0.15, -0.1) is 0 Å². The van der Waals surface area contributed by atoms with Crippen LogP contribution in [0.25, 0.3) is 0 Å².